The molecule has 0 amide bonds. The Kier molecular flexibility index (Phi) is 12.4. The molecule has 0 aliphatic rings. The average Bonchev–Trinajstić information content (AvgIpc) is 2.76. The Labute approximate surface area is 200 Å². The lowest BCUT2D eigenvalue weighted by atomic mass is 10.1. The third kappa shape index (κ3) is 8.61. The van der Waals surface area contributed by atoms with Crippen LogP contribution in [-0.4, -0.2) is 32.8 Å². The maximum Gasteiger partial charge on any atom is 0.191 e. The Morgan fingerprint density at radius 1 is 1.13 bits per heavy atom. The first-order chi connectivity index (χ1) is 14.6. The van der Waals surface area contributed by atoms with Gasteiger partial charge in [0.25, 0.3) is 0 Å². The van der Waals surface area contributed by atoms with E-state index in [1.807, 2.05) is 38.1 Å². The van der Waals surface area contributed by atoms with Crippen molar-refractivity contribution in [2.75, 3.05) is 26.8 Å². The van der Waals surface area contributed by atoms with Crippen LogP contribution in [0.1, 0.15) is 37.0 Å². The molecule has 2 rings (SSSR count). The van der Waals surface area contributed by atoms with E-state index in [0.29, 0.717) is 36.8 Å². The molecule has 0 unspecified atom stereocenters. The van der Waals surface area contributed by atoms with E-state index in [9.17, 15) is 4.39 Å². The summed E-state index contributed by atoms with van der Waals surface area (Å²) in [6, 6.07) is 12.3. The minimum Gasteiger partial charge on any atom is -0.493 e. The zero-order valence-corrected chi connectivity index (χ0v) is 20.5. The van der Waals surface area contributed by atoms with Crippen LogP contribution in [0.5, 0.6) is 11.5 Å². The van der Waals surface area contributed by atoms with E-state index in [4.69, 9.17) is 14.7 Å². The Bertz CT molecular complexity index is 900. The van der Waals surface area contributed by atoms with Crippen molar-refractivity contribution in [2.45, 2.75) is 33.2 Å². The van der Waals surface area contributed by atoms with Crippen molar-refractivity contribution in [3.05, 3.63) is 58.9 Å². The lowest BCUT2D eigenvalue weighted by Gasteiger charge is -2.13. The predicted molar refractivity (Wildman–Crippen MR) is 132 cm³/mol. The fourth-order valence-corrected chi connectivity index (χ4v) is 2.92. The minimum absolute atomic E-state index is 0. The molecule has 31 heavy (non-hydrogen) atoms. The van der Waals surface area contributed by atoms with E-state index in [1.54, 1.807) is 7.11 Å². The Morgan fingerprint density at radius 3 is 2.61 bits per heavy atom. The lowest BCUT2D eigenvalue weighted by molar-refractivity contribution is 0.310. The fourth-order valence-electron chi connectivity index (χ4n) is 2.92. The minimum atomic E-state index is -0.363. The van der Waals surface area contributed by atoms with Gasteiger partial charge < -0.3 is 20.1 Å². The van der Waals surface area contributed by atoms with Crippen LogP contribution in [0, 0.1) is 17.1 Å². The molecule has 0 bridgehead atoms. The number of hydrogen-bond donors (Lipinski definition) is 2. The van der Waals surface area contributed by atoms with E-state index in [1.165, 1.54) is 23.8 Å². The van der Waals surface area contributed by atoms with E-state index in [-0.39, 0.29) is 36.3 Å². The summed E-state index contributed by atoms with van der Waals surface area (Å²) in [6.45, 7) is 6.07. The molecule has 0 atom stereocenters. The van der Waals surface area contributed by atoms with Crippen molar-refractivity contribution in [2.24, 2.45) is 4.99 Å². The van der Waals surface area contributed by atoms with Gasteiger partial charge >= 0.3 is 0 Å². The van der Waals surface area contributed by atoms with Crippen LogP contribution in [0.3, 0.4) is 0 Å². The van der Waals surface area contributed by atoms with Gasteiger partial charge in [-0.1, -0.05) is 6.07 Å². The van der Waals surface area contributed by atoms with Gasteiger partial charge in [0.1, 0.15) is 5.82 Å². The highest BCUT2D eigenvalue weighted by Gasteiger charge is 2.06. The summed E-state index contributed by atoms with van der Waals surface area (Å²) in [7, 11) is 1.63. The van der Waals surface area contributed by atoms with Crippen molar-refractivity contribution >= 4 is 29.9 Å². The predicted octanol–water partition coefficient (Wildman–Crippen LogP) is 4.41. The summed E-state index contributed by atoms with van der Waals surface area (Å²) in [4.78, 5) is 4.43. The lowest BCUT2D eigenvalue weighted by Crippen LogP contribution is -2.37. The molecule has 0 aliphatic carbocycles. The van der Waals surface area contributed by atoms with E-state index < -0.39 is 0 Å². The number of benzene rings is 2. The number of nitrogens with zero attached hydrogens (tertiary/aromatic N) is 2. The topological polar surface area (TPSA) is 78.7 Å². The van der Waals surface area contributed by atoms with Crippen LogP contribution >= 0.6 is 24.0 Å². The van der Waals surface area contributed by atoms with E-state index in [2.05, 4.69) is 15.6 Å². The summed E-state index contributed by atoms with van der Waals surface area (Å²) in [6.07, 6.45) is 1.76. The second-order valence-electron chi connectivity index (χ2n) is 6.56. The van der Waals surface area contributed by atoms with Gasteiger partial charge in [-0.05, 0) is 62.6 Å². The molecule has 0 aliphatic heterocycles. The number of aryl methyl sites for hydroxylation is 1. The molecule has 0 heterocycles. The molecule has 2 N–H and O–H groups in total. The maximum atomic E-state index is 13.9. The molecule has 6 nitrogen and oxygen atoms in total. The number of rotatable bonds is 10. The SMILES string of the molecule is CCNC(=NCc1cc(C#N)ccc1F)NCCCc1ccc(OC)c(OCC)c1.I. The van der Waals surface area contributed by atoms with Gasteiger partial charge in [-0.2, -0.15) is 5.26 Å². The monoisotopic (exact) mass is 540 g/mol. The van der Waals surface area contributed by atoms with Gasteiger partial charge in [-0.15, -0.1) is 24.0 Å². The number of methoxy groups -OCH3 is 1. The molecule has 2 aromatic carbocycles. The zero-order chi connectivity index (χ0) is 21.8. The van der Waals surface area contributed by atoms with Gasteiger partial charge in [0.05, 0.1) is 31.9 Å². The molecule has 0 fully saturated rings. The van der Waals surface area contributed by atoms with E-state index >= 15 is 0 Å². The summed E-state index contributed by atoms with van der Waals surface area (Å²) < 4.78 is 24.9. The second kappa shape index (κ2) is 14.5. The highest BCUT2D eigenvalue weighted by molar-refractivity contribution is 14.0. The Hall–Kier alpha value is -2.54. The number of halogens is 2. The number of guanidine groups is 1. The zero-order valence-electron chi connectivity index (χ0n) is 18.2. The maximum absolute atomic E-state index is 13.9. The van der Waals surface area contributed by atoms with Crippen molar-refractivity contribution in [1.29, 1.82) is 5.26 Å². The summed E-state index contributed by atoms with van der Waals surface area (Å²) >= 11 is 0. The normalized spacial score (nSPS) is 10.6. The molecule has 0 radical (unpaired) electrons. The first kappa shape index (κ1) is 26.5. The fraction of sp³-hybridized carbons (Fsp3) is 0.391. The van der Waals surface area contributed by atoms with E-state index in [0.717, 1.165) is 24.3 Å². The number of hydrogen-bond acceptors (Lipinski definition) is 4. The number of nitriles is 1. The van der Waals surface area contributed by atoms with Crippen molar-refractivity contribution in [3.63, 3.8) is 0 Å². The van der Waals surface area contributed by atoms with Gasteiger partial charge in [0.15, 0.2) is 17.5 Å². The van der Waals surface area contributed by atoms with Gasteiger partial charge in [-0.3, -0.25) is 0 Å². The third-order valence-corrected chi connectivity index (χ3v) is 4.39. The van der Waals surface area contributed by atoms with Crippen LogP contribution in [0.4, 0.5) is 4.39 Å². The van der Waals surface area contributed by atoms with Gasteiger partial charge in [-0.25, -0.2) is 9.38 Å². The molecule has 2 aromatic rings. The second-order valence-corrected chi connectivity index (χ2v) is 6.56. The van der Waals surface area contributed by atoms with Crippen molar-refractivity contribution < 1.29 is 13.9 Å². The van der Waals surface area contributed by atoms with Gasteiger partial charge in [0, 0.05) is 18.7 Å². The Balaban J connectivity index is 0.00000480. The molecule has 8 heteroatoms. The first-order valence-electron chi connectivity index (χ1n) is 10.1. The smallest absolute Gasteiger partial charge is 0.191 e. The summed E-state index contributed by atoms with van der Waals surface area (Å²) in [5, 5.41) is 15.4. The molecule has 0 saturated carbocycles. The Morgan fingerprint density at radius 2 is 1.94 bits per heavy atom. The molecular weight excluding hydrogens is 510 g/mol. The highest BCUT2D eigenvalue weighted by Crippen LogP contribution is 2.28. The van der Waals surface area contributed by atoms with Crippen LogP contribution < -0.4 is 20.1 Å². The first-order valence-corrected chi connectivity index (χ1v) is 10.1. The average molecular weight is 540 g/mol. The van der Waals surface area contributed by atoms with Crippen molar-refractivity contribution in [3.8, 4) is 17.6 Å². The molecule has 168 valence electrons. The molecule has 0 aromatic heterocycles. The van der Waals surface area contributed by atoms with Crippen molar-refractivity contribution in [1.82, 2.24) is 10.6 Å². The number of ether oxygens (including phenoxy) is 2. The summed E-state index contributed by atoms with van der Waals surface area (Å²) in [5.74, 6) is 1.73. The third-order valence-electron chi connectivity index (χ3n) is 4.39. The van der Waals surface area contributed by atoms with Crippen LogP contribution in [0.15, 0.2) is 41.4 Å². The number of aliphatic imine (C=N–C) groups is 1. The standard InChI is InChI=1S/C23H29FN4O2.HI/c1-4-26-23(28-16-19-13-18(15-25)8-10-20(19)24)27-12-6-7-17-9-11-21(29-3)22(14-17)30-5-2;/h8-11,13-14H,4-7,12,16H2,1-3H3,(H2,26,27,28);1H. The molecular formula is C23H30FIN4O2. The van der Waals surface area contributed by atoms with Crippen LogP contribution in [0.25, 0.3) is 0 Å². The quantitative estimate of drug-likeness (QED) is 0.202. The molecule has 0 spiro atoms. The molecule has 0 saturated heterocycles. The number of nitrogens with one attached hydrogen (secondary N) is 2. The van der Waals surface area contributed by atoms with Crippen LogP contribution in [0.2, 0.25) is 0 Å². The van der Waals surface area contributed by atoms with Gasteiger partial charge in [0.2, 0.25) is 0 Å². The summed E-state index contributed by atoms with van der Waals surface area (Å²) in [5.41, 5.74) is 1.98. The highest BCUT2D eigenvalue weighted by atomic mass is 127. The largest absolute Gasteiger partial charge is 0.493 e. The van der Waals surface area contributed by atoms with Crippen LogP contribution in [-0.2, 0) is 13.0 Å².